The van der Waals surface area contributed by atoms with Crippen molar-refractivity contribution in [2.75, 3.05) is 19.7 Å². The fraction of sp³-hybridized carbons (Fsp3) is 0.474. The number of carbonyl (C=O) groups is 1. The van der Waals surface area contributed by atoms with Crippen molar-refractivity contribution in [1.29, 1.82) is 0 Å². The van der Waals surface area contributed by atoms with Crippen LogP contribution in [0.5, 0.6) is 0 Å². The number of aliphatic hydroxyl groups is 1. The minimum absolute atomic E-state index is 0.00878. The van der Waals surface area contributed by atoms with Gasteiger partial charge < -0.3 is 14.4 Å². The molecule has 1 aliphatic rings. The van der Waals surface area contributed by atoms with Crippen LogP contribution >= 0.6 is 0 Å². The van der Waals surface area contributed by atoms with Gasteiger partial charge in [-0.2, -0.15) is 0 Å². The molecular weight excluding hydrogens is 304 g/mol. The van der Waals surface area contributed by atoms with Gasteiger partial charge in [0, 0.05) is 25.3 Å². The molecule has 24 heavy (non-hydrogen) atoms. The van der Waals surface area contributed by atoms with Crippen LogP contribution in [0, 0.1) is 5.41 Å². The van der Waals surface area contributed by atoms with E-state index in [1.54, 1.807) is 6.26 Å². The first-order valence-electron chi connectivity index (χ1n) is 8.54. The molecule has 0 bridgehead atoms. The second kappa shape index (κ2) is 7.18. The van der Waals surface area contributed by atoms with E-state index in [9.17, 15) is 9.90 Å². The van der Waals surface area contributed by atoms with Crippen molar-refractivity contribution in [2.24, 2.45) is 5.41 Å². The van der Waals surface area contributed by atoms with Crippen molar-refractivity contribution < 1.29 is 14.3 Å². The smallest absolute Gasteiger partial charge is 0.228 e. The molecule has 1 aromatic carbocycles. The minimum Gasteiger partial charge on any atom is -0.444 e. The van der Waals surface area contributed by atoms with Gasteiger partial charge in [0.25, 0.3) is 0 Å². The zero-order valence-corrected chi connectivity index (χ0v) is 14.1. The Kier molecular flexibility index (Phi) is 5.00. The van der Waals surface area contributed by atoms with E-state index < -0.39 is 0 Å². The Labute approximate surface area is 142 Å². The molecule has 5 heteroatoms. The number of aromatic nitrogens is 1. The van der Waals surface area contributed by atoms with Gasteiger partial charge in [0.2, 0.25) is 11.8 Å². The van der Waals surface area contributed by atoms with Crippen molar-refractivity contribution in [1.82, 2.24) is 9.88 Å². The summed E-state index contributed by atoms with van der Waals surface area (Å²) in [5.41, 5.74) is 1.56. The number of rotatable bonds is 5. The average Bonchev–Trinajstić information content (AvgIpc) is 3.11. The van der Waals surface area contributed by atoms with Crippen molar-refractivity contribution >= 4 is 5.91 Å². The molecule has 0 unspecified atom stereocenters. The van der Waals surface area contributed by atoms with Crippen molar-refractivity contribution in [3.05, 3.63) is 42.3 Å². The lowest BCUT2D eigenvalue weighted by Gasteiger charge is -2.40. The van der Waals surface area contributed by atoms with E-state index in [1.165, 1.54) is 0 Å². The lowest BCUT2D eigenvalue weighted by Crippen LogP contribution is -2.45. The maximum atomic E-state index is 12.5. The van der Waals surface area contributed by atoms with Crippen molar-refractivity contribution in [3.63, 3.8) is 0 Å². The van der Waals surface area contributed by atoms with Crippen LogP contribution in [0.4, 0.5) is 0 Å². The van der Waals surface area contributed by atoms with E-state index >= 15 is 0 Å². The Balaban J connectivity index is 1.59. The predicted molar refractivity (Wildman–Crippen MR) is 91.3 cm³/mol. The highest BCUT2D eigenvalue weighted by molar-refractivity contribution is 5.78. The number of piperidine rings is 1. The highest BCUT2D eigenvalue weighted by Gasteiger charge is 2.33. The summed E-state index contributed by atoms with van der Waals surface area (Å²) in [5.74, 6) is 0.618. The molecule has 0 spiro atoms. The third-order valence-corrected chi connectivity index (χ3v) is 5.17. The summed E-state index contributed by atoms with van der Waals surface area (Å²) >= 11 is 0. The summed E-state index contributed by atoms with van der Waals surface area (Å²) in [4.78, 5) is 18.8. The molecule has 128 valence electrons. The summed E-state index contributed by atoms with van der Waals surface area (Å²) in [6.07, 6.45) is 4.50. The molecule has 1 saturated heterocycles. The quantitative estimate of drug-likeness (QED) is 0.916. The van der Waals surface area contributed by atoms with Crippen LogP contribution in [0.1, 0.15) is 31.9 Å². The Morgan fingerprint density at radius 3 is 2.62 bits per heavy atom. The maximum Gasteiger partial charge on any atom is 0.228 e. The predicted octanol–water partition coefficient (Wildman–Crippen LogP) is 2.90. The van der Waals surface area contributed by atoms with E-state index in [2.05, 4.69) is 11.9 Å². The summed E-state index contributed by atoms with van der Waals surface area (Å²) in [6.45, 7) is 3.72. The lowest BCUT2D eigenvalue weighted by molar-refractivity contribution is -0.133. The summed E-state index contributed by atoms with van der Waals surface area (Å²) in [5, 5.41) is 9.59. The third-order valence-electron chi connectivity index (χ3n) is 5.17. The lowest BCUT2D eigenvalue weighted by atomic mass is 9.77. The zero-order valence-electron chi connectivity index (χ0n) is 14.1. The summed E-state index contributed by atoms with van der Waals surface area (Å²) in [6, 6.07) is 9.66. The number of hydrogen-bond acceptors (Lipinski definition) is 4. The molecule has 0 atom stereocenters. The molecule has 2 aromatic rings. The van der Waals surface area contributed by atoms with Gasteiger partial charge in [-0.25, -0.2) is 4.98 Å². The van der Waals surface area contributed by atoms with Crippen LogP contribution in [-0.2, 0) is 11.2 Å². The Hall–Kier alpha value is -2.14. The van der Waals surface area contributed by atoms with Crippen LogP contribution in [0.2, 0.25) is 0 Å². The Morgan fingerprint density at radius 2 is 2.00 bits per heavy atom. The number of benzene rings is 1. The standard InChI is InChI=1S/C19H24N2O3/c1-2-19(14-22)8-10-21(11-9-19)17(23)12-16-13-24-18(20-16)15-6-4-3-5-7-15/h3-7,13,22H,2,8-12,14H2,1H3. The Morgan fingerprint density at radius 1 is 1.29 bits per heavy atom. The van der Waals surface area contributed by atoms with Crippen LogP contribution < -0.4 is 0 Å². The van der Waals surface area contributed by atoms with E-state index in [0.29, 0.717) is 24.7 Å². The number of hydrogen-bond donors (Lipinski definition) is 1. The number of nitrogens with zero attached hydrogens (tertiary/aromatic N) is 2. The second-order valence-electron chi connectivity index (χ2n) is 6.58. The second-order valence-corrected chi connectivity index (χ2v) is 6.58. The van der Waals surface area contributed by atoms with Crippen LogP contribution in [-0.4, -0.2) is 40.6 Å². The molecule has 1 aliphatic heterocycles. The number of aliphatic hydroxyl groups excluding tert-OH is 1. The van der Waals surface area contributed by atoms with Crippen LogP contribution in [0.3, 0.4) is 0 Å². The first-order chi connectivity index (χ1) is 11.7. The number of likely N-dealkylation sites (tertiary alicyclic amines) is 1. The highest BCUT2D eigenvalue weighted by Crippen LogP contribution is 2.34. The van der Waals surface area contributed by atoms with Crippen LogP contribution in [0.15, 0.2) is 41.0 Å². The topological polar surface area (TPSA) is 66.6 Å². The van der Waals surface area contributed by atoms with Gasteiger partial charge in [0.05, 0.1) is 12.1 Å². The van der Waals surface area contributed by atoms with Gasteiger partial charge in [-0.3, -0.25) is 4.79 Å². The zero-order chi connectivity index (χ0) is 17.0. The molecule has 1 aromatic heterocycles. The molecular formula is C19H24N2O3. The minimum atomic E-state index is -0.00878. The first kappa shape index (κ1) is 16.7. The molecule has 3 rings (SSSR count). The van der Waals surface area contributed by atoms with E-state index in [4.69, 9.17) is 4.42 Å². The molecule has 5 nitrogen and oxygen atoms in total. The van der Waals surface area contributed by atoms with E-state index in [0.717, 1.165) is 24.8 Å². The molecule has 0 radical (unpaired) electrons. The van der Waals surface area contributed by atoms with Gasteiger partial charge >= 0.3 is 0 Å². The molecule has 0 saturated carbocycles. The monoisotopic (exact) mass is 328 g/mol. The largest absolute Gasteiger partial charge is 0.444 e. The average molecular weight is 328 g/mol. The first-order valence-corrected chi connectivity index (χ1v) is 8.54. The van der Waals surface area contributed by atoms with Gasteiger partial charge in [0.15, 0.2) is 0 Å². The fourth-order valence-corrected chi connectivity index (χ4v) is 3.22. The molecule has 1 amide bonds. The normalized spacial score (nSPS) is 17.0. The van der Waals surface area contributed by atoms with Gasteiger partial charge in [-0.15, -0.1) is 0 Å². The fourth-order valence-electron chi connectivity index (χ4n) is 3.22. The highest BCUT2D eigenvalue weighted by atomic mass is 16.3. The summed E-state index contributed by atoms with van der Waals surface area (Å²) < 4.78 is 5.49. The molecule has 0 aliphatic carbocycles. The number of amides is 1. The third kappa shape index (κ3) is 3.51. The van der Waals surface area contributed by atoms with Crippen LogP contribution in [0.25, 0.3) is 11.5 Å². The maximum absolute atomic E-state index is 12.5. The van der Waals surface area contributed by atoms with E-state index in [1.807, 2.05) is 35.2 Å². The molecule has 1 fully saturated rings. The van der Waals surface area contributed by atoms with Gasteiger partial charge in [0.1, 0.15) is 6.26 Å². The summed E-state index contributed by atoms with van der Waals surface area (Å²) in [7, 11) is 0. The number of carbonyl (C=O) groups excluding carboxylic acids is 1. The van der Waals surface area contributed by atoms with E-state index in [-0.39, 0.29) is 24.3 Å². The van der Waals surface area contributed by atoms with Gasteiger partial charge in [-0.05, 0) is 36.8 Å². The molecule has 2 heterocycles. The van der Waals surface area contributed by atoms with Crippen molar-refractivity contribution in [2.45, 2.75) is 32.6 Å². The molecule has 1 N–H and O–H groups in total. The Bertz CT molecular complexity index is 667. The SMILES string of the molecule is CCC1(CO)CCN(C(=O)Cc2coc(-c3ccccc3)n2)CC1. The number of oxazole rings is 1. The van der Waals surface area contributed by atoms with Crippen molar-refractivity contribution in [3.8, 4) is 11.5 Å². The van der Waals surface area contributed by atoms with Gasteiger partial charge in [-0.1, -0.05) is 25.1 Å².